The molecule has 0 amide bonds. The average molecular weight is 288 g/mol. The second kappa shape index (κ2) is 5.10. The Morgan fingerprint density at radius 2 is 2.11 bits per heavy atom. The minimum absolute atomic E-state index is 0.0175. The summed E-state index contributed by atoms with van der Waals surface area (Å²) in [7, 11) is -2.12. The van der Waals surface area contributed by atoms with E-state index in [9.17, 15) is 13.5 Å². The second-order valence-electron chi connectivity index (χ2n) is 5.16. The van der Waals surface area contributed by atoms with Crippen LogP contribution in [0.15, 0.2) is 11.1 Å². The van der Waals surface area contributed by atoms with Gasteiger partial charge >= 0.3 is 0 Å². The molecule has 4 N–H and O–H groups in total. The number of aryl methyl sites for hydroxylation is 1. The monoisotopic (exact) mass is 288 g/mol. The lowest BCUT2D eigenvalue weighted by molar-refractivity contribution is 0.00946. The molecule has 1 aliphatic rings. The van der Waals surface area contributed by atoms with E-state index < -0.39 is 15.6 Å². The largest absolute Gasteiger partial charge is 0.389 e. The van der Waals surface area contributed by atoms with E-state index in [1.165, 1.54) is 10.9 Å². The predicted octanol–water partition coefficient (Wildman–Crippen LogP) is -0.0242. The molecule has 108 valence electrons. The van der Waals surface area contributed by atoms with E-state index in [-0.39, 0.29) is 17.3 Å². The number of sulfonamides is 1. The zero-order valence-electron chi connectivity index (χ0n) is 11.0. The number of anilines is 1. The Morgan fingerprint density at radius 3 is 2.63 bits per heavy atom. The highest BCUT2D eigenvalue weighted by Gasteiger charge is 2.31. The first kappa shape index (κ1) is 14.3. The Labute approximate surface area is 112 Å². The maximum Gasteiger partial charge on any atom is 0.245 e. The summed E-state index contributed by atoms with van der Waals surface area (Å²) >= 11 is 0. The summed E-state index contributed by atoms with van der Waals surface area (Å²) in [6, 6.07) is 0. The molecular weight excluding hydrogens is 268 g/mol. The molecule has 0 unspecified atom stereocenters. The van der Waals surface area contributed by atoms with Gasteiger partial charge in [0.1, 0.15) is 4.90 Å². The SMILES string of the molecule is Cn1cc(S(=O)(=O)NCC2(O)CCCCC2)c(N)n1. The molecule has 0 bridgehead atoms. The molecular formula is C11H20N4O3S. The number of hydrogen-bond donors (Lipinski definition) is 3. The Bertz CT molecular complexity index is 546. The maximum absolute atomic E-state index is 12.1. The fourth-order valence-corrected chi connectivity index (χ4v) is 3.61. The van der Waals surface area contributed by atoms with Gasteiger partial charge in [0.15, 0.2) is 5.82 Å². The van der Waals surface area contributed by atoms with Crippen LogP contribution in [-0.2, 0) is 17.1 Å². The third-order valence-electron chi connectivity index (χ3n) is 3.49. The molecule has 0 aromatic carbocycles. The van der Waals surface area contributed by atoms with Crippen LogP contribution < -0.4 is 10.5 Å². The number of aromatic nitrogens is 2. The van der Waals surface area contributed by atoms with Crippen molar-refractivity contribution in [3.8, 4) is 0 Å². The third kappa shape index (κ3) is 3.26. The first-order valence-electron chi connectivity index (χ1n) is 6.34. The van der Waals surface area contributed by atoms with Crippen LogP contribution in [0.4, 0.5) is 5.82 Å². The van der Waals surface area contributed by atoms with Crippen LogP contribution >= 0.6 is 0 Å². The van der Waals surface area contributed by atoms with Crippen LogP contribution in [0.3, 0.4) is 0 Å². The first-order valence-corrected chi connectivity index (χ1v) is 7.82. The van der Waals surface area contributed by atoms with Crippen LogP contribution in [0.1, 0.15) is 32.1 Å². The van der Waals surface area contributed by atoms with Crippen LogP contribution in [0, 0.1) is 0 Å². The number of hydrogen-bond acceptors (Lipinski definition) is 5. The van der Waals surface area contributed by atoms with Gasteiger partial charge in [-0.25, -0.2) is 13.1 Å². The lowest BCUT2D eigenvalue weighted by Crippen LogP contribution is -2.44. The van der Waals surface area contributed by atoms with E-state index >= 15 is 0 Å². The van der Waals surface area contributed by atoms with Gasteiger partial charge in [-0.2, -0.15) is 5.10 Å². The molecule has 2 rings (SSSR count). The number of rotatable bonds is 4. The number of aliphatic hydroxyl groups is 1. The van der Waals surface area contributed by atoms with Crippen molar-refractivity contribution < 1.29 is 13.5 Å². The molecule has 1 fully saturated rings. The minimum Gasteiger partial charge on any atom is -0.389 e. The zero-order chi connectivity index (χ0) is 14.1. The van der Waals surface area contributed by atoms with Crippen molar-refractivity contribution in [1.82, 2.24) is 14.5 Å². The van der Waals surface area contributed by atoms with Gasteiger partial charge in [-0.05, 0) is 12.8 Å². The summed E-state index contributed by atoms with van der Waals surface area (Å²) in [5, 5.41) is 14.1. The Morgan fingerprint density at radius 1 is 1.47 bits per heavy atom. The van der Waals surface area contributed by atoms with E-state index in [1.54, 1.807) is 7.05 Å². The topological polar surface area (TPSA) is 110 Å². The predicted molar refractivity (Wildman–Crippen MR) is 70.8 cm³/mol. The van der Waals surface area contributed by atoms with E-state index in [2.05, 4.69) is 9.82 Å². The van der Waals surface area contributed by atoms with Crippen molar-refractivity contribution in [1.29, 1.82) is 0 Å². The van der Waals surface area contributed by atoms with Crippen molar-refractivity contribution in [2.75, 3.05) is 12.3 Å². The Balaban J connectivity index is 2.07. The van der Waals surface area contributed by atoms with Crippen LogP contribution in [0.25, 0.3) is 0 Å². The lowest BCUT2D eigenvalue weighted by Gasteiger charge is -2.31. The fourth-order valence-electron chi connectivity index (χ4n) is 2.38. The highest BCUT2D eigenvalue weighted by molar-refractivity contribution is 7.89. The van der Waals surface area contributed by atoms with Crippen molar-refractivity contribution in [2.24, 2.45) is 7.05 Å². The molecule has 1 saturated carbocycles. The molecule has 1 aromatic heterocycles. The van der Waals surface area contributed by atoms with E-state index in [0.29, 0.717) is 12.8 Å². The standard InChI is InChI=1S/C11H20N4O3S/c1-15-7-9(10(12)14-15)19(17,18)13-8-11(16)5-3-2-4-6-11/h7,13,16H,2-6,8H2,1H3,(H2,12,14). The van der Waals surface area contributed by atoms with Gasteiger partial charge < -0.3 is 10.8 Å². The average Bonchev–Trinajstić information content (AvgIpc) is 2.68. The molecule has 0 saturated heterocycles. The van der Waals surface area contributed by atoms with Crippen LogP contribution in [0.5, 0.6) is 0 Å². The molecule has 1 aromatic rings. The summed E-state index contributed by atoms with van der Waals surface area (Å²) in [6.45, 7) is 0.0175. The molecule has 19 heavy (non-hydrogen) atoms. The summed E-state index contributed by atoms with van der Waals surface area (Å²) in [4.78, 5) is -0.0468. The Kier molecular flexibility index (Phi) is 3.84. The fraction of sp³-hybridized carbons (Fsp3) is 0.727. The van der Waals surface area contributed by atoms with Crippen LogP contribution in [-0.4, -0.2) is 35.5 Å². The van der Waals surface area contributed by atoms with Crippen molar-refractivity contribution >= 4 is 15.8 Å². The maximum atomic E-state index is 12.1. The van der Waals surface area contributed by atoms with Gasteiger partial charge in [-0.15, -0.1) is 0 Å². The molecule has 0 spiro atoms. The number of nitrogens with two attached hydrogens (primary N) is 1. The normalized spacial score (nSPS) is 19.5. The Hall–Kier alpha value is -1.12. The second-order valence-corrected chi connectivity index (χ2v) is 6.90. The first-order chi connectivity index (χ1) is 8.82. The highest BCUT2D eigenvalue weighted by Crippen LogP contribution is 2.28. The van der Waals surface area contributed by atoms with Gasteiger partial charge in [0.25, 0.3) is 0 Å². The van der Waals surface area contributed by atoms with Crippen LogP contribution in [0.2, 0.25) is 0 Å². The van der Waals surface area contributed by atoms with Gasteiger partial charge in [-0.3, -0.25) is 4.68 Å². The van der Waals surface area contributed by atoms with Gasteiger partial charge in [0.2, 0.25) is 10.0 Å². The third-order valence-corrected chi connectivity index (χ3v) is 4.90. The minimum atomic E-state index is -3.73. The van der Waals surface area contributed by atoms with E-state index in [1.807, 2.05) is 0 Å². The summed E-state index contributed by atoms with van der Waals surface area (Å²) < 4.78 is 28.0. The summed E-state index contributed by atoms with van der Waals surface area (Å²) in [6.07, 6.45) is 5.53. The molecule has 1 aliphatic carbocycles. The van der Waals surface area contributed by atoms with Crippen molar-refractivity contribution in [2.45, 2.75) is 42.6 Å². The molecule has 7 nitrogen and oxygen atoms in total. The number of nitrogen functional groups attached to an aromatic ring is 1. The van der Waals surface area contributed by atoms with Gasteiger partial charge in [-0.1, -0.05) is 19.3 Å². The number of nitrogens with one attached hydrogen (secondary N) is 1. The van der Waals surface area contributed by atoms with Gasteiger partial charge in [0.05, 0.1) is 5.60 Å². The van der Waals surface area contributed by atoms with Crippen molar-refractivity contribution in [3.63, 3.8) is 0 Å². The quantitative estimate of drug-likeness (QED) is 0.721. The molecule has 8 heteroatoms. The number of nitrogens with zero attached hydrogens (tertiary/aromatic N) is 2. The molecule has 0 radical (unpaired) electrons. The van der Waals surface area contributed by atoms with Crippen molar-refractivity contribution in [3.05, 3.63) is 6.20 Å². The smallest absolute Gasteiger partial charge is 0.245 e. The zero-order valence-corrected chi connectivity index (χ0v) is 11.8. The highest BCUT2D eigenvalue weighted by atomic mass is 32.2. The van der Waals surface area contributed by atoms with E-state index in [4.69, 9.17) is 5.73 Å². The summed E-state index contributed by atoms with van der Waals surface area (Å²) in [5.74, 6) is -0.0365. The van der Waals surface area contributed by atoms with Gasteiger partial charge in [0, 0.05) is 19.8 Å². The molecule has 0 aliphatic heterocycles. The van der Waals surface area contributed by atoms with E-state index in [0.717, 1.165) is 19.3 Å². The summed E-state index contributed by atoms with van der Waals surface area (Å²) in [5.41, 5.74) is 4.61. The molecule has 1 heterocycles. The lowest BCUT2D eigenvalue weighted by atomic mass is 9.85. The molecule has 0 atom stereocenters.